The average molecular weight is 1440 g/mol. The van der Waals surface area contributed by atoms with Gasteiger partial charge in [-0.2, -0.15) is 0 Å². The van der Waals surface area contributed by atoms with E-state index in [1.54, 1.807) is 0 Å². The standard InChI is InChI=1S/2C51H35N3O2/c1-8-27-51(28-9-1)40-20-5-2-15-34(40)39-30-32(25-26-41(39)51)31-13-10-14-33(29-31)48-52-49(37-18-11-23-44-46(37)35-16-3-6-21-42(35)55-44)54-50(53-48)38-19-12-24-45-47(38)36-17-4-7-22-43(36)56-45;1-8-25-51(26-9-1)42-16-5-2-13-36(42)39-28-32(19-22-43(39)51)31-11-10-12-33(27-31)48-52-49(34-20-23-46-40(29-34)37-14-3-6-17-44(37)55-46)54-50(53-48)35-21-24-47-41(30-35)38-15-4-7-18-45(38)56-47/h2-7,10-26,29-30H,1,8-9,27-28H2;2-7,10-24,27-30H,1,8-9,25-26H2. The zero-order valence-corrected chi connectivity index (χ0v) is 61.3. The summed E-state index contributed by atoms with van der Waals surface area (Å²) < 4.78 is 25.0. The highest BCUT2D eigenvalue weighted by atomic mass is 16.3. The predicted octanol–water partition coefficient (Wildman–Crippen LogP) is 27.1. The van der Waals surface area contributed by atoms with Crippen LogP contribution in [0.25, 0.3) is 201 Å². The molecule has 0 aliphatic heterocycles. The lowest BCUT2D eigenvalue weighted by molar-refractivity contribution is 0.353. The molecule has 2 spiro atoms. The predicted molar refractivity (Wildman–Crippen MR) is 451 cm³/mol. The molecule has 10 nitrogen and oxygen atoms in total. The number of nitrogens with zero attached hydrogens (tertiary/aromatic N) is 6. The van der Waals surface area contributed by atoms with E-state index in [1.165, 1.54) is 120 Å². The van der Waals surface area contributed by atoms with Crippen LogP contribution in [0.15, 0.2) is 321 Å². The normalized spacial score (nSPS) is 14.6. The fourth-order valence-corrected chi connectivity index (χ4v) is 19.5. The van der Waals surface area contributed by atoms with Crippen molar-refractivity contribution in [3.8, 4) is 113 Å². The summed E-state index contributed by atoms with van der Waals surface area (Å²) in [4.78, 5) is 31.3. The van der Waals surface area contributed by atoms with Crippen LogP contribution in [0, 0.1) is 0 Å². The maximum Gasteiger partial charge on any atom is 0.164 e. The first-order chi connectivity index (χ1) is 55.4. The molecule has 6 heterocycles. The molecule has 0 saturated heterocycles. The van der Waals surface area contributed by atoms with Crippen molar-refractivity contribution in [2.75, 3.05) is 0 Å². The van der Waals surface area contributed by atoms with Gasteiger partial charge in [0.2, 0.25) is 0 Å². The summed E-state index contributed by atoms with van der Waals surface area (Å²) in [5.41, 5.74) is 28.5. The minimum absolute atomic E-state index is 0.134. The first kappa shape index (κ1) is 64.3. The van der Waals surface area contributed by atoms with Gasteiger partial charge in [-0.3, -0.25) is 0 Å². The van der Waals surface area contributed by atoms with Crippen molar-refractivity contribution < 1.29 is 17.7 Å². The van der Waals surface area contributed by atoms with Crippen molar-refractivity contribution >= 4 is 87.8 Å². The van der Waals surface area contributed by atoms with Gasteiger partial charge >= 0.3 is 0 Å². The Bertz CT molecular complexity index is 7000. The lowest BCUT2D eigenvalue weighted by Gasteiger charge is -2.36. The quantitative estimate of drug-likeness (QED) is 0.145. The molecule has 20 aromatic rings. The van der Waals surface area contributed by atoms with Gasteiger partial charge in [0.05, 0.1) is 0 Å². The number of fused-ring (bicyclic) bond motifs is 22. The molecular formula is C102H70N6O4. The van der Waals surface area contributed by atoms with Gasteiger partial charge in [0.1, 0.15) is 44.7 Å². The molecule has 0 unspecified atom stereocenters. The van der Waals surface area contributed by atoms with Gasteiger partial charge < -0.3 is 17.7 Å². The molecule has 0 N–H and O–H groups in total. The summed E-state index contributed by atoms with van der Waals surface area (Å²) in [6.45, 7) is 0. The topological polar surface area (TPSA) is 130 Å². The first-order valence-electron chi connectivity index (χ1n) is 39.3. The Kier molecular flexibility index (Phi) is 14.6. The minimum atomic E-state index is 0.134. The van der Waals surface area contributed by atoms with Crippen LogP contribution in [0.4, 0.5) is 0 Å². The van der Waals surface area contributed by atoms with E-state index in [9.17, 15) is 0 Å². The first-order valence-corrected chi connectivity index (χ1v) is 39.3. The Morgan fingerprint density at radius 2 is 0.482 bits per heavy atom. The Morgan fingerprint density at radius 1 is 0.188 bits per heavy atom. The lowest BCUT2D eigenvalue weighted by atomic mass is 9.68. The van der Waals surface area contributed by atoms with E-state index in [0.29, 0.717) is 34.9 Å². The van der Waals surface area contributed by atoms with Crippen LogP contribution in [0.1, 0.15) is 86.5 Å². The van der Waals surface area contributed by atoms with Crippen molar-refractivity contribution in [3.63, 3.8) is 0 Å². The fourth-order valence-electron chi connectivity index (χ4n) is 19.5. The van der Waals surface area contributed by atoms with Crippen LogP contribution < -0.4 is 0 Å². The molecule has 2 fully saturated rings. The average Bonchev–Trinajstić information content (AvgIpc) is 1.56. The van der Waals surface area contributed by atoms with Crippen LogP contribution in [-0.2, 0) is 10.8 Å². The SMILES string of the molecule is c1cc(-c2ccc3c(c2)-c2ccccc2C32CCCCC2)cc(-c2nc(-c3ccc4oc5ccccc5c4c3)nc(-c3ccc4oc5ccccc5c4c3)n2)c1.c1cc(-c2ccc3c(c2)-c2ccccc2C32CCCCC2)cc(-c2nc(-c3cccc4oc5ccccc5c34)nc(-c3cccc4oc5ccccc5c34)n2)c1. The molecule has 2 saturated carbocycles. The monoisotopic (exact) mass is 1440 g/mol. The summed E-state index contributed by atoms with van der Waals surface area (Å²) in [6, 6.07) is 107. The zero-order valence-electron chi connectivity index (χ0n) is 61.3. The third-order valence-corrected chi connectivity index (χ3v) is 24.7. The van der Waals surface area contributed by atoms with Gasteiger partial charge in [0, 0.05) is 87.3 Å². The Hall–Kier alpha value is -13.7. The molecule has 14 aromatic carbocycles. The fraction of sp³-hybridized carbons (Fsp3) is 0.118. The second-order valence-corrected chi connectivity index (χ2v) is 30.8. The Balaban J connectivity index is 0.000000134. The Morgan fingerprint density at radius 3 is 0.929 bits per heavy atom. The van der Waals surface area contributed by atoms with Gasteiger partial charge in [-0.05, 0) is 190 Å². The maximum absolute atomic E-state index is 6.31. The molecule has 0 bridgehead atoms. The molecule has 10 heteroatoms. The molecular weight excluding hydrogens is 1370 g/mol. The molecule has 532 valence electrons. The third-order valence-electron chi connectivity index (χ3n) is 24.7. The zero-order chi connectivity index (χ0) is 73.6. The number of furan rings is 4. The van der Waals surface area contributed by atoms with E-state index in [-0.39, 0.29) is 10.8 Å². The van der Waals surface area contributed by atoms with E-state index in [0.717, 1.165) is 132 Å². The summed E-state index contributed by atoms with van der Waals surface area (Å²) in [5, 5.41) is 8.22. The third kappa shape index (κ3) is 10.2. The van der Waals surface area contributed by atoms with Crippen LogP contribution in [0.5, 0.6) is 0 Å². The van der Waals surface area contributed by atoms with Crippen molar-refractivity contribution in [1.82, 2.24) is 29.9 Å². The highest BCUT2D eigenvalue weighted by molar-refractivity contribution is 6.14. The van der Waals surface area contributed by atoms with E-state index in [4.69, 9.17) is 47.6 Å². The molecule has 0 radical (unpaired) electrons. The van der Waals surface area contributed by atoms with Crippen LogP contribution in [0.3, 0.4) is 0 Å². The maximum atomic E-state index is 6.31. The summed E-state index contributed by atoms with van der Waals surface area (Å²) >= 11 is 0. The van der Waals surface area contributed by atoms with Crippen molar-refractivity contribution in [1.29, 1.82) is 0 Å². The van der Waals surface area contributed by atoms with Gasteiger partial charge in [-0.1, -0.05) is 245 Å². The van der Waals surface area contributed by atoms with Crippen molar-refractivity contribution in [2.24, 2.45) is 0 Å². The molecule has 0 amide bonds. The second-order valence-electron chi connectivity index (χ2n) is 30.8. The van der Waals surface area contributed by atoms with Crippen molar-refractivity contribution in [3.05, 3.63) is 326 Å². The smallest absolute Gasteiger partial charge is 0.164 e. The number of rotatable bonds is 8. The molecule has 4 aliphatic carbocycles. The van der Waals surface area contributed by atoms with Crippen LogP contribution in [0.2, 0.25) is 0 Å². The van der Waals surface area contributed by atoms with Gasteiger partial charge in [-0.15, -0.1) is 0 Å². The Labute approximate surface area is 644 Å². The number of benzene rings is 14. The van der Waals surface area contributed by atoms with Crippen LogP contribution in [-0.4, -0.2) is 29.9 Å². The number of para-hydroxylation sites is 4. The van der Waals surface area contributed by atoms with Gasteiger partial charge in [-0.25, -0.2) is 29.9 Å². The number of hydrogen-bond donors (Lipinski definition) is 0. The highest BCUT2D eigenvalue weighted by Crippen LogP contribution is 2.58. The number of hydrogen-bond acceptors (Lipinski definition) is 10. The summed E-state index contributed by atoms with van der Waals surface area (Å²) in [7, 11) is 0. The van der Waals surface area contributed by atoms with Gasteiger partial charge in [0.25, 0.3) is 0 Å². The number of aromatic nitrogens is 6. The molecule has 6 aromatic heterocycles. The largest absolute Gasteiger partial charge is 0.456 e. The summed E-state index contributed by atoms with van der Waals surface area (Å²) in [6.07, 6.45) is 12.7. The van der Waals surface area contributed by atoms with E-state index < -0.39 is 0 Å². The minimum Gasteiger partial charge on any atom is -0.456 e. The van der Waals surface area contributed by atoms with E-state index in [2.05, 4.69) is 182 Å². The highest BCUT2D eigenvalue weighted by Gasteiger charge is 2.45. The van der Waals surface area contributed by atoms with Gasteiger partial charge in [0.15, 0.2) is 34.9 Å². The summed E-state index contributed by atoms with van der Waals surface area (Å²) in [5.74, 6) is 3.61. The van der Waals surface area contributed by atoms with E-state index in [1.807, 2.05) is 121 Å². The van der Waals surface area contributed by atoms with E-state index >= 15 is 0 Å². The molecule has 0 atom stereocenters. The lowest BCUT2D eigenvalue weighted by Crippen LogP contribution is -2.27. The van der Waals surface area contributed by atoms with Crippen molar-refractivity contribution in [2.45, 2.75) is 75.0 Å². The molecule has 112 heavy (non-hydrogen) atoms. The molecule has 24 rings (SSSR count). The second kappa shape index (κ2) is 25.4. The van der Waals surface area contributed by atoms with Crippen LogP contribution >= 0.6 is 0 Å². The molecule has 4 aliphatic rings.